The lowest BCUT2D eigenvalue weighted by molar-refractivity contribution is 0.0561. The van der Waals surface area contributed by atoms with Crippen molar-refractivity contribution in [2.75, 3.05) is 13.1 Å². The standard InChI is InChI=1S/C15H21N3O2/c1-15(2,3)20-14(19)18-13-16-9-12(10-17-13)11-7-5-4-6-8-11/h4-8,12H,9-10H2,1-3H3,(H2,16,17,18,19). The second-order valence-electron chi connectivity index (χ2n) is 5.80. The molecule has 0 aromatic heterocycles. The van der Waals surface area contributed by atoms with E-state index in [-0.39, 0.29) is 0 Å². The van der Waals surface area contributed by atoms with E-state index in [0.717, 1.165) is 6.54 Å². The Hall–Kier alpha value is -2.04. The summed E-state index contributed by atoms with van der Waals surface area (Å²) >= 11 is 0. The summed E-state index contributed by atoms with van der Waals surface area (Å²) in [7, 11) is 0. The van der Waals surface area contributed by atoms with E-state index in [1.165, 1.54) is 5.56 Å². The fourth-order valence-corrected chi connectivity index (χ4v) is 1.97. The topological polar surface area (TPSA) is 62.7 Å². The fraction of sp³-hybridized carbons (Fsp3) is 0.467. The van der Waals surface area contributed by atoms with Gasteiger partial charge in [0.05, 0.1) is 6.54 Å². The molecule has 2 rings (SSSR count). The maximum absolute atomic E-state index is 11.6. The molecule has 1 aliphatic rings. The molecule has 1 amide bonds. The third-order valence-electron chi connectivity index (χ3n) is 2.88. The first-order chi connectivity index (χ1) is 9.44. The number of alkyl carbamates (subject to hydrolysis) is 1. The van der Waals surface area contributed by atoms with E-state index < -0.39 is 11.7 Å². The van der Waals surface area contributed by atoms with Crippen LogP contribution in [0.5, 0.6) is 0 Å². The van der Waals surface area contributed by atoms with E-state index in [4.69, 9.17) is 4.74 Å². The first kappa shape index (κ1) is 14.4. The lowest BCUT2D eigenvalue weighted by Crippen LogP contribution is -2.47. The minimum Gasteiger partial charge on any atom is -0.444 e. The summed E-state index contributed by atoms with van der Waals surface area (Å²) < 4.78 is 5.18. The molecule has 5 heteroatoms. The van der Waals surface area contributed by atoms with Gasteiger partial charge in [-0.05, 0) is 26.3 Å². The molecule has 1 atom stereocenters. The van der Waals surface area contributed by atoms with Crippen molar-refractivity contribution in [2.45, 2.75) is 32.3 Å². The van der Waals surface area contributed by atoms with Gasteiger partial charge in [-0.2, -0.15) is 0 Å². The van der Waals surface area contributed by atoms with Crippen molar-refractivity contribution in [3.05, 3.63) is 35.9 Å². The Bertz CT molecular complexity index is 492. The average molecular weight is 275 g/mol. The molecule has 5 nitrogen and oxygen atoms in total. The molecule has 1 aliphatic heterocycles. The molecule has 0 saturated carbocycles. The summed E-state index contributed by atoms with van der Waals surface area (Å²) in [6.45, 7) is 6.89. The molecule has 20 heavy (non-hydrogen) atoms. The van der Waals surface area contributed by atoms with Crippen LogP contribution in [0.4, 0.5) is 4.79 Å². The maximum Gasteiger partial charge on any atom is 0.414 e. The van der Waals surface area contributed by atoms with E-state index in [1.807, 2.05) is 39.0 Å². The summed E-state index contributed by atoms with van der Waals surface area (Å²) in [5.41, 5.74) is 0.742. The normalized spacial score (nSPS) is 18.8. The lowest BCUT2D eigenvalue weighted by Gasteiger charge is -2.25. The van der Waals surface area contributed by atoms with Gasteiger partial charge in [-0.3, -0.25) is 10.3 Å². The largest absolute Gasteiger partial charge is 0.444 e. The predicted octanol–water partition coefficient (Wildman–Crippen LogP) is 2.25. The molecule has 2 N–H and O–H groups in total. The molecule has 1 aromatic carbocycles. The number of nitrogens with one attached hydrogen (secondary N) is 2. The van der Waals surface area contributed by atoms with Crippen LogP contribution in [0, 0.1) is 0 Å². The van der Waals surface area contributed by atoms with Crippen LogP contribution in [0.1, 0.15) is 32.3 Å². The Morgan fingerprint density at radius 2 is 2.05 bits per heavy atom. The SMILES string of the molecule is CC(C)(C)OC(=O)NC1=NCC(c2ccccc2)CN1. The Labute approximate surface area is 119 Å². The van der Waals surface area contributed by atoms with Crippen molar-refractivity contribution in [3.8, 4) is 0 Å². The Balaban J connectivity index is 1.88. The number of hydrogen-bond donors (Lipinski definition) is 2. The van der Waals surface area contributed by atoms with Crippen LogP contribution in [0.3, 0.4) is 0 Å². The van der Waals surface area contributed by atoms with Crippen molar-refractivity contribution in [1.29, 1.82) is 0 Å². The molecule has 0 bridgehead atoms. The molecule has 108 valence electrons. The molecular formula is C15H21N3O2. The maximum atomic E-state index is 11.6. The van der Waals surface area contributed by atoms with Crippen LogP contribution in [-0.4, -0.2) is 30.7 Å². The first-order valence-electron chi connectivity index (χ1n) is 6.77. The van der Waals surface area contributed by atoms with Crippen LogP contribution in [0.25, 0.3) is 0 Å². The van der Waals surface area contributed by atoms with Gasteiger partial charge in [0.1, 0.15) is 5.60 Å². The van der Waals surface area contributed by atoms with Crippen LogP contribution < -0.4 is 10.6 Å². The van der Waals surface area contributed by atoms with E-state index in [1.54, 1.807) is 0 Å². The van der Waals surface area contributed by atoms with E-state index >= 15 is 0 Å². The van der Waals surface area contributed by atoms with Crippen LogP contribution >= 0.6 is 0 Å². The fourth-order valence-electron chi connectivity index (χ4n) is 1.97. The molecular weight excluding hydrogens is 254 g/mol. The van der Waals surface area contributed by atoms with Gasteiger partial charge in [-0.25, -0.2) is 4.79 Å². The molecule has 0 saturated heterocycles. The van der Waals surface area contributed by atoms with Gasteiger partial charge >= 0.3 is 6.09 Å². The Morgan fingerprint density at radius 1 is 1.35 bits per heavy atom. The molecule has 0 aliphatic carbocycles. The number of ether oxygens (including phenoxy) is 1. The van der Waals surface area contributed by atoms with Crippen LogP contribution in [0.15, 0.2) is 35.3 Å². The third-order valence-corrected chi connectivity index (χ3v) is 2.88. The zero-order chi connectivity index (χ0) is 14.6. The van der Waals surface area contributed by atoms with Crippen LogP contribution in [-0.2, 0) is 4.74 Å². The van der Waals surface area contributed by atoms with Gasteiger partial charge in [-0.15, -0.1) is 0 Å². The van der Waals surface area contributed by atoms with Crippen molar-refractivity contribution in [2.24, 2.45) is 4.99 Å². The van der Waals surface area contributed by atoms with Gasteiger partial charge in [0.15, 0.2) is 0 Å². The molecule has 0 radical (unpaired) electrons. The van der Waals surface area contributed by atoms with E-state index in [0.29, 0.717) is 18.4 Å². The zero-order valence-electron chi connectivity index (χ0n) is 12.1. The molecule has 1 heterocycles. The highest BCUT2D eigenvalue weighted by atomic mass is 16.6. The van der Waals surface area contributed by atoms with Crippen LogP contribution in [0.2, 0.25) is 0 Å². The molecule has 1 aromatic rings. The number of carbonyl (C=O) groups excluding carboxylic acids is 1. The van der Waals surface area contributed by atoms with Gasteiger partial charge in [0.25, 0.3) is 0 Å². The summed E-state index contributed by atoms with van der Waals surface area (Å²) in [5, 5.41) is 5.75. The Kier molecular flexibility index (Phi) is 4.27. The van der Waals surface area contributed by atoms with E-state index in [9.17, 15) is 4.79 Å². The molecule has 0 spiro atoms. The molecule has 0 fully saturated rings. The minimum atomic E-state index is -0.508. The number of hydrogen-bond acceptors (Lipinski definition) is 4. The van der Waals surface area contributed by atoms with Crippen molar-refractivity contribution < 1.29 is 9.53 Å². The highest BCUT2D eigenvalue weighted by Crippen LogP contribution is 2.16. The second-order valence-corrected chi connectivity index (χ2v) is 5.80. The summed E-state index contributed by atoms with van der Waals surface area (Å²) in [5.74, 6) is 0.812. The van der Waals surface area contributed by atoms with E-state index in [2.05, 4.69) is 27.8 Å². The van der Waals surface area contributed by atoms with Crippen molar-refractivity contribution in [3.63, 3.8) is 0 Å². The number of guanidine groups is 1. The summed E-state index contributed by atoms with van der Waals surface area (Å²) in [6, 6.07) is 10.2. The first-order valence-corrected chi connectivity index (χ1v) is 6.77. The number of amides is 1. The highest BCUT2D eigenvalue weighted by Gasteiger charge is 2.20. The zero-order valence-corrected chi connectivity index (χ0v) is 12.1. The number of aliphatic imine (C=N–C) groups is 1. The van der Waals surface area contributed by atoms with Gasteiger partial charge in [0.2, 0.25) is 5.96 Å². The van der Waals surface area contributed by atoms with Crippen molar-refractivity contribution in [1.82, 2.24) is 10.6 Å². The van der Waals surface area contributed by atoms with Gasteiger partial charge < -0.3 is 10.1 Å². The summed E-state index contributed by atoms with van der Waals surface area (Å²) in [6.07, 6.45) is -0.484. The van der Waals surface area contributed by atoms with Gasteiger partial charge in [-0.1, -0.05) is 30.3 Å². The number of benzene rings is 1. The predicted molar refractivity (Wildman–Crippen MR) is 78.9 cm³/mol. The second kappa shape index (κ2) is 5.94. The smallest absolute Gasteiger partial charge is 0.414 e. The molecule has 1 unspecified atom stereocenters. The number of nitrogens with zero attached hydrogens (tertiary/aromatic N) is 1. The minimum absolute atomic E-state index is 0.334. The number of carbonyl (C=O) groups is 1. The summed E-state index contributed by atoms with van der Waals surface area (Å²) in [4.78, 5) is 16.0. The Morgan fingerprint density at radius 3 is 2.60 bits per heavy atom. The average Bonchev–Trinajstić information content (AvgIpc) is 2.38. The third kappa shape index (κ3) is 4.26. The monoisotopic (exact) mass is 275 g/mol. The highest BCUT2D eigenvalue weighted by molar-refractivity contribution is 5.94. The quantitative estimate of drug-likeness (QED) is 0.826. The van der Waals surface area contributed by atoms with Crippen molar-refractivity contribution >= 4 is 12.1 Å². The van der Waals surface area contributed by atoms with Gasteiger partial charge in [0, 0.05) is 12.5 Å². The lowest BCUT2D eigenvalue weighted by atomic mass is 9.98. The number of rotatable bonds is 1.